The standard InChI is InChI=1S/C17H24N2O3S3/c1-3-4-5-10-25(21,22)12-17(20)18-9-8-14-6-7-16(24-14)15-11-23-13(2)19-15/h6-7,11H,3-5,8-10,12H2,1-2H3,(H,18,20). The molecule has 1 amide bonds. The summed E-state index contributed by atoms with van der Waals surface area (Å²) >= 11 is 3.28. The fourth-order valence-corrected chi connectivity index (χ4v) is 5.29. The summed E-state index contributed by atoms with van der Waals surface area (Å²) in [5, 5.41) is 5.78. The van der Waals surface area contributed by atoms with Crippen molar-refractivity contribution in [2.45, 2.75) is 39.5 Å². The number of aryl methyl sites for hydroxylation is 1. The molecule has 0 saturated carbocycles. The van der Waals surface area contributed by atoms with Crippen LogP contribution < -0.4 is 5.32 Å². The highest BCUT2D eigenvalue weighted by molar-refractivity contribution is 7.92. The molecule has 2 heterocycles. The summed E-state index contributed by atoms with van der Waals surface area (Å²) in [6.07, 6.45) is 3.15. The van der Waals surface area contributed by atoms with E-state index in [4.69, 9.17) is 0 Å². The van der Waals surface area contributed by atoms with Crippen LogP contribution in [-0.2, 0) is 21.1 Å². The second kappa shape index (κ2) is 9.45. The molecule has 1 N–H and O–H groups in total. The summed E-state index contributed by atoms with van der Waals surface area (Å²) in [5.74, 6) is -0.733. The lowest BCUT2D eigenvalue weighted by Crippen LogP contribution is -2.32. The number of carbonyl (C=O) groups excluding carboxylic acids is 1. The van der Waals surface area contributed by atoms with Gasteiger partial charge in [-0.15, -0.1) is 22.7 Å². The third-order valence-corrected chi connectivity index (χ3v) is 7.19. The number of aromatic nitrogens is 1. The smallest absolute Gasteiger partial charge is 0.235 e. The van der Waals surface area contributed by atoms with Crippen molar-refractivity contribution in [3.63, 3.8) is 0 Å². The number of sulfone groups is 1. The lowest BCUT2D eigenvalue weighted by Gasteiger charge is -2.05. The van der Waals surface area contributed by atoms with Crippen molar-refractivity contribution in [2.24, 2.45) is 0 Å². The Morgan fingerprint density at radius 2 is 2.08 bits per heavy atom. The average Bonchev–Trinajstić information content (AvgIpc) is 3.15. The van der Waals surface area contributed by atoms with Crippen LogP contribution in [0.4, 0.5) is 0 Å². The van der Waals surface area contributed by atoms with Crippen molar-refractivity contribution in [1.29, 1.82) is 0 Å². The van der Waals surface area contributed by atoms with Gasteiger partial charge in [-0.3, -0.25) is 4.79 Å². The van der Waals surface area contributed by atoms with Gasteiger partial charge in [0.25, 0.3) is 0 Å². The molecule has 5 nitrogen and oxygen atoms in total. The summed E-state index contributed by atoms with van der Waals surface area (Å²) in [6.45, 7) is 4.44. The van der Waals surface area contributed by atoms with Crippen LogP contribution in [0.25, 0.3) is 10.6 Å². The van der Waals surface area contributed by atoms with E-state index < -0.39 is 21.5 Å². The minimum Gasteiger partial charge on any atom is -0.355 e. The Balaban J connectivity index is 1.75. The largest absolute Gasteiger partial charge is 0.355 e. The topological polar surface area (TPSA) is 76.1 Å². The first-order valence-electron chi connectivity index (χ1n) is 8.38. The van der Waals surface area contributed by atoms with E-state index in [9.17, 15) is 13.2 Å². The molecule has 0 aliphatic heterocycles. The fraction of sp³-hybridized carbons (Fsp3) is 0.529. The molecule has 0 atom stereocenters. The first-order valence-corrected chi connectivity index (χ1v) is 11.9. The molecule has 2 rings (SSSR count). The Kier molecular flexibility index (Phi) is 7.58. The minimum atomic E-state index is -3.29. The zero-order valence-corrected chi connectivity index (χ0v) is 17.0. The molecule has 0 aromatic carbocycles. The molecular formula is C17H24N2O3S3. The highest BCUT2D eigenvalue weighted by atomic mass is 32.2. The zero-order chi connectivity index (χ0) is 18.3. The number of amides is 1. The Hall–Kier alpha value is -1.25. The van der Waals surface area contributed by atoms with Gasteiger partial charge in [0.05, 0.1) is 21.3 Å². The van der Waals surface area contributed by atoms with E-state index >= 15 is 0 Å². The summed E-state index contributed by atoms with van der Waals surface area (Å²) in [4.78, 5) is 18.5. The maximum atomic E-state index is 11.8. The molecule has 0 bridgehead atoms. The predicted octanol–water partition coefficient (Wildman–Crippen LogP) is 3.44. The van der Waals surface area contributed by atoms with Gasteiger partial charge in [-0.1, -0.05) is 19.8 Å². The number of carbonyl (C=O) groups is 1. The second-order valence-corrected chi connectivity index (χ2v) is 10.3. The van der Waals surface area contributed by atoms with Crippen molar-refractivity contribution < 1.29 is 13.2 Å². The van der Waals surface area contributed by atoms with Crippen LogP contribution in [0.2, 0.25) is 0 Å². The molecular weight excluding hydrogens is 376 g/mol. The van der Waals surface area contributed by atoms with Gasteiger partial charge in [-0.2, -0.15) is 0 Å². The number of thiophene rings is 1. The van der Waals surface area contributed by atoms with Crippen LogP contribution in [0.5, 0.6) is 0 Å². The van der Waals surface area contributed by atoms with E-state index in [1.807, 2.05) is 31.4 Å². The first kappa shape index (κ1) is 20.1. The molecule has 0 aliphatic rings. The van der Waals surface area contributed by atoms with Crippen LogP contribution in [0.3, 0.4) is 0 Å². The van der Waals surface area contributed by atoms with Gasteiger partial charge in [0.1, 0.15) is 5.75 Å². The zero-order valence-electron chi connectivity index (χ0n) is 14.6. The SMILES string of the molecule is CCCCCS(=O)(=O)CC(=O)NCCc1ccc(-c2csc(C)n2)s1. The highest BCUT2D eigenvalue weighted by Crippen LogP contribution is 2.29. The molecule has 0 fully saturated rings. The first-order chi connectivity index (χ1) is 11.9. The number of nitrogens with one attached hydrogen (secondary N) is 1. The van der Waals surface area contributed by atoms with Gasteiger partial charge in [-0.25, -0.2) is 13.4 Å². The van der Waals surface area contributed by atoms with Gasteiger partial charge in [0.15, 0.2) is 9.84 Å². The summed E-state index contributed by atoms with van der Waals surface area (Å²) in [7, 11) is -3.29. The van der Waals surface area contributed by atoms with Crippen LogP contribution >= 0.6 is 22.7 Å². The molecule has 0 radical (unpaired) electrons. The number of unbranched alkanes of at least 4 members (excludes halogenated alkanes) is 2. The fourth-order valence-electron chi connectivity index (χ4n) is 2.35. The van der Waals surface area contributed by atoms with Gasteiger partial charge < -0.3 is 5.32 Å². The quantitative estimate of drug-likeness (QED) is 0.620. The van der Waals surface area contributed by atoms with Crippen molar-refractivity contribution in [3.05, 3.63) is 27.4 Å². The number of hydrogen-bond donors (Lipinski definition) is 1. The van der Waals surface area contributed by atoms with E-state index in [0.29, 0.717) is 19.4 Å². The normalized spacial score (nSPS) is 11.6. The Bertz CT molecular complexity index is 794. The number of rotatable bonds is 10. The summed E-state index contributed by atoms with van der Waals surface area (Å²) in [6, 6.07) is 4.07. The molecule has 0 spiro atoms. The van der Waals surface area contributed by atoms with Crippen molar-refractivity contribution >= 4 is 38.4 Å². The number of thiazole rings is 1. The van der Waals surface area contributed by atoms with Crippen molar-refractivity contribution in [1.82, 2.24) is 10.3 Å². The van der Waals surface area contributed by atoms with Gasteiger partial charge >= 0.3 is 0 Å². The number of hydrogen-bond acceptors (Lipinski definition) is 6. The lowest BCUT2D eigenvalue weighted by atomic mass is 10.3. The third-order valence-electron chi connectivity index (χ3n) is 3.64. The Morgan fingerprint density at radius 1 is 1.28 bits per heavy atom. The van der Waals surface area contributed by atoms with Gasteiger partial charge in [0.2, 0.25) is 5.91 Å². The van der Waals surface area contributed by atoms with Crippen molar-refractivity contribution in [2.75, 3.05) is 18.1 Å². The van der Waals surface area contributed by atoms with Crippen LogP contribution in [0, 0.1) is 6.92 Å². The Labute approximate surface area is 157 Å². The average molecular weight is 401 g/mol. The van der Waals surface area contributed by atoms with Crippen LogP contribution in [0.15, 0.2) is 17.5 Å². The maximum Gasteiger partial charge on any atom is 0.235 e. The monoisotopic (exact) mass is 400 g/mol. The molecule has 2 aromatic heterocycles. The van der Waals surface area contributed by atoms with Gasteiger partial charge in [0, 0.05) is 16.8 Å². The van der Waals surface area contributed by atoms with Crippen LogP contribution in [-0.4, -0.2) is 37.4 Å². The molecule has 2 aromatic rings. The van der Waals surface area contributed by atoms with E-state index in [1.165, 1.54) is 0 Å². The minimum absolute atomic E-state index is 0.0929. The molecule has 0 unspecified atom stereocenters. The van der Waals surface area contributed by atoms with E-state index in [0.717, 1.165) is 33.3 Å². The summed E-state index contributed by atoms with van der Waals surface area (Å²) < 4.78 is 23.7. The third kappa shape index (κ3) is 6.87. The van der Waals surface area contributed by atoms with E-state index in [2.05, 4.69) is 10.3 Å². The van der Waals surface area contributed by atoms with Crippen LogP contribution in [0.1, 0.15) is 36.1 Å². The predicted molar refractivity (Wildman–Crippen MR) is 105 cm³/mol. The highest BCUT2D eigenvalue weighted by Gasteiger charge is 2.16. The maximum absolute atomic E-state index is 11.8. The second-order valence-electron chi connectivity index (χ2n) is 5.92. The molecule has 138 valence electrons. The lowest BCUT2D eigenvalue weighted by molar-refractivity contribution is -0.118. The molecule has 0 saturated heterocycles. The molecule has 0 aliphatic carbocycles. The van der Waals surface area contributed by atoms with E-state index in [-0.39, 0.29) is 5.75 Å². The Morgan fingerprint density at radius 3 is 2.76 bits per heavy atom. The summed E-state index contributed by atoms with van der Waals surface area (Å²) in [5.41, 5.74) is 0.987. The number of nitrogens with zero attached hydrogens (tertiary/aromatic N) is 1. The molecule has 8 heteroatoms. The van der Waals surface area contributed by atoms with Gasteiger partial charge in [-0.05, 0) is 31.9 Å². The van der Waals surface area contributed by atoms with E-state index in [1.54, 1.807) is 22.7 Å². The van der Waals surface area contributed by atoms with Crippen molar-refractivity contribution in [3.8, 4) is 10.6 Å². The molecule has 25 heavy (non-hydrogen) atoms.